The van der Waals surface area contributed by atoms with Crippen molar-refractivity contribution in [2.24, 2.45) is 5.41 Å². The van der Waals surface area contributed by atoms with E-state index in [9.17, 15) is 4.79 Å². The molecular weight excluding hydrogens is 274 g/mol. The summed E-state index contributed by atoms with van der Waals surface area (Å²) in [6.07, 6.45) is 2.01. The zero-order chi connectivity index (χ0) is 16.0. The minimum absolute atomic E-state index is 0.125. The molecule has 2 N–H and O–H groups in total. The van der Waals surface area contributed by atoms with E-state index in [1.54, 1.807) is 0 Å². The van der Waals surface area contributed by atoms with E-state index in [0.29, 0.717) is 0 Å². The number of benzene rings is 1. The van der Waals surface area contributed by atoms with Crippen molar-refractivity contribution in [2.45, 2.75) is 40.2 Å². The van der Waals surface area contributed by atoms with Crippen LogP contribution in [0.1, 0.15) is 39.2 Å². The summed E-state index contributed by atoms with van der Waals surface area (Å²) in [4.78, 5) is 14.9. The Hall–Kier alpha value is -1.39. The molecule has 1 aromatic carbocycles. The quantitative estimate of drug-likeness (QED) is 0.849. The monoisotopic (exact) mass is 303 g/mol. The molecule has 2 rings (SSSR count). The van der Waals surface area contributed by atoms with Crippen molar-refractivity contribution in [1.82, 2.24) is 10.2 Å². The zero-order valence-electron chi connectivity index (χ0n) is 14.1. The lowest BCUT2D eigenvalue weighted by Crippen LogP contribution is -2.46. The van der Waals surface area contributed by atoms with Gasteiger partial charge in [-0.2, -0.15) is 0 Å². The predicted molar refractivity (Wildman–Crippen MR) is 91.9 cm³/mol. The molecule has 1 amide bonds. The number of nitrogens with zero attached hydrogens (tertiary/aromatic N) is 1. The molecule has 1 saturated heterocycles. The lowest BCUT2D eigenvalue weighted by molar-refractivity contribution is -0.125. The highest BCUT2D eigenvalue weighted by Gasteiger charge is 2.34. The van der Waals surface area contributed by atoms with Crippen LogP contribution in [-0.4, -0.2) is 37.0 Å². The lowest BCUT2D eigenvalue weighted by atomic mass is 9.82. The smallest absolute Gasteiger partial charge is 0.231 e. The molecule has 4 nitrogen and oxygen atoms in total. The SMILES string of the molecule is CCN(CC)Cc1cccc(NC(=O)C2(C)CCCNC2)c1. The Morgan fingerprint density at radius 3 is 2.77 bits per heavy atom. The standard InChI is InChI=1S/C18H29N3O/c1-4-21(5-2)13-15-8-6-9-16(12-15)20-17(22)18(3)10-7-11-19-14-18/h6,8-9,12,19H,4-5,7,10-11,13-14H2,1-3H3,(H,20,22). The first-order valence-corrected chi connectivity index (χ1v) is 8.41. The molecule has 0 spiro atoms. The number of nitrogens with one attached hydrogen (secondary N) is 2. The van der Waals surface area contributed by atoms with Gasteiger partial charge < -0.3 is 10.6 Å². The van der Waals surface area contributed by atoms with Crippen LogP contribution in [0, 0.1) is 5.41 Å². The Morgan fingerprint density at radius 2 is 2.14 bits per heavy atom. The van der Waals surface area contributed by atoms with Crippen molar-refractivity contribution in [3.63, 3.8) is 0 Å². The summed E-state index contributed by atoms with van der Waals surface area (Å²) < 4.78 is 0. The van der Waals surface area contributed by atoms with Crippen LogP contribution in [-0.2, 0) is 11.3 Å². The van der Waals surface area contributed by atoms with E-state index in [-0.39, 0.29) is 11.3 Å². The summed E-state index contributed by atoms with van der Waals surface area (Å²) >= 11 is 0. The first-order chi connectivity index (χ1) is 10.6. The average Bonchev–Trinajstić information content (AvgIpc) is 2.53. The summed E-state index contributed by atoms with van der Waals surface area (Å²) in [7, 11) is 0. The van der Waals surface area contributed by atoms with E-state index in [4.69, 9.17) is 0 Å². The molecule has 1 atom stereocenters. The molecular formula is C18H29N3O. The fraction of sp³-hybridized carbons (Fsp3) is 0.611. The average molecular weight is 303 g/mol. The Bertz CT molecular complexity index is 491. The van der Waals surface area contributed by atoms with Gasteiger partial charge in [0.1, 0.15) is 0 Å². The summed E-state index contributed by atoms with van der Waals surface area (Å²) in [6, 6.07) is 8.22. The molecule has 0 radical (unpaired) electrons. The van der Waals surface area contributed by atoms with Crippen LogP contribution in [0.15, 0.2) is 24.3 Å². The number of piperidine rings is 1. The topological polar surface area (TPSA) is 44.4 Å². The molecule has 22 heavy (non-hydrogen) atoms. The van der Waals surface area contributed by atoms with Gasteiger partial charge in [-0.3, -0.25) is 9.69 Å². The van der Waals surface area contributed by atoms with Crippen LogP contribution in [0.4, 0.5) is 5.69 Å². The van der Waals surface area contributed by atoms with Crippen LogP contribution in [0.2, 0.25) is 0 Å². The van der Waals surface area contributed by atoms with E-state index in [1.807, 2.05) is 19.1 Å². The van der Waals surface area contributed by atoms with Gasteiger partial charge in [0.05, 0.1) is 5.41 Å². The number of rotatable bonds is 6. The first-order valence-electron chi connectivity index (χ1n) is 8.41. The van der Waals surface area contributed by atoms with E-state index in [2.05, 4.69) is 41.5 Å². The van der Waals surface area contributed by atoms with Crippen LogP contribution < -0.4 is 10.6 Å². The molecule has 1 unspecified atom stereocenters. The van der Waals surface area contributed by atoms with Crippen molar-refractivity contribution < 1.29 is 4.79 Å². The van der Waals surface area contributed by atoms with Gasteiger partial charge in [-0.05, 0) is 57.1 Å². The molecule has 0 aliphatic carbocycles. The molecule has 4 heteroatoms. The molecule has 0 saturated carbocycles. The predicted octanol–water partition coefficient (Wildman–Crippen LogP) is 2.86. The first kappa shape index (κ1) is 17.0. The minimum atomic E-state index is -0.298. The highest BCUT2D eigenvalue weighted by atomic mass is 16.2. The second-order valence-corrected chi connectivity index (χ2v) is 6.46. The lowest BCUT2D eigenvalue weighted by Gasteiger charge is -2.32. The minimum Gasteiger partial charge on any atom is -0.326 e. The van der Waals surface area contributed by atoms with E-state index >= 15 is 0 Å². The van der Waals surface area contributed by atoms with Crippen LogP contribution in [0.25, 0.3) is 0 Å². The van der Waals surface area contributed by atoms with Gasteiger partial charge in [0.15, 0.2) is 0 Å². The van der Waals surface area contributed by atoms with Gasteiger partial charge in [-0.1, -0.05) is 26.0 Å². The van der Waals surface area contributed by atoms with Crippen molar-refractivity contribution in [3.05, 3.63) is 29.8 Å². The van der Waals surface area contributed by atoms with Crippen LogP contribution in [0.5, 0.6) is 0 Å². The van der Waals surface area contributed by atoms with E-state index in [0.717, 1.165) is 51.3 Å². The second-order valence-electron chi connectivity index (χ2n) is 6.46. The number of carbonyl (C=O) groups excluding carboxylic acids is 1. The number of hydrogen-bond acceptors (Lipinski definition) is 3. The van der Waals surface area contributed by atoms with Crippen molar-refractivity contribution in [1.29, 1.82) is 0 Å². The third kappa shape index (κ3) is 4.31. The van der Waals surface area contributed by atoms with Gasteiger partial charge >= 0.3 is 0 Å². The van der Waals surface area contributed by atoms with Crippen LogP contribution >= 0.6 is 0 Å². The molecule has 0 aromatic heterocycles. The van der Waals surface area contributed by atoms with Crippen molar-refractivity contribution in [3.8, 4) is 0 Å². The molecule has 1 aliphatic heterocycles. The van der Waals surface area contributed by atoms with E-state index < -0.39 is 0 Å². The number of amides is 1. The molecule has 1 fully saturated rings. The van der Waals surface area contributed by atoms with Gasteiger partial charge in [0, 0.05) is 18.8 Å². The molecule has 1 heterocycles. The van der Waals surface area contributed by atoms with Crippen LogP contribution in [0.3, 0.4) is 0 Å². The Labute approximate surface area is 134 Å². The fourth-order valence-electron chi connectivity index (χ4n) is 2.98. The molecule has 1 aliphatic rings. The molecule has 122 valence electrons. The highest BCUT2D eigenvalue weighted by Crippen LogP contribution is 2.27. The Kier molecular flexibility index (Phi) is 5.98. The largest absolute Gasteiger partial charge is 0.326 e. The Morgan fingerprint density at radius 1 is 1.36 bits per heavy atom. The molecule has 1 aromatic rings. The second kappa shape index (κ2) is 7.75. The summed E-state index contributed by atoms with van der Waals surface area (Å²) in [6.45, 7) is 11.2. The Balaban J connectivity index is 2.02. The summed E-state index contributed by atoms with van der Waals surface area (Å²) in [5, 5.41) is 6.43. The maximum absolute atomic E-state index is 12.6. The van der Waals surface area contributed by atoms with Gasteiger partial charge in [-0.15, -0.1) is 0 Å². The van der Waals surface area contributed by atoms with Gasteiger partial charge in [0.25, 0.3) is 0 Å². The highest BCUT2D eigenvalue weighted by molar-refractivity contribution is 5.95. The summed E-state index contributed by atoms with van der Waals surface area (Å²) in [5.41, 5.74) is 1.85. The normalized spacial score (nSPS) is 21.8. The third-order valence-electron chi connectivity index (χ3n) is 4.63. The number of hydrogen-bond donors (Lipinski definition) is 2. The van der Waals surface area contributed by atoms with Crippen molar-refractivity contribution in [2.75, 3.05) is 31.5 Å². The third-order valence-corrected chi connectivity index (χ3v) is 4.63. The van der Waals surface area contributed by atoms with Gasteiger partial charge in [0.2, 0.25) is 5.91 Å². The number of anilines is 1. The van der Waals surface area contributed by atoms with E-state index in [1.165, 1.54) is 5.56 Å². The maximum atomic E-state index is 12.6. The molecule has 0 bridgehead atoms. The maximum Gasteiger partial charge on any atom is 0.231 e. The summed E-state index contributed by atoms with van der Waals surface area (Å²) in [5.74, 6) is 0.125. The zero-order valence-corrected chi connectivity index (χ0v) is 14.1. The van der Waals surface area contributed by atoms with Gasteiger partial charge in [-0.25, -0.2) is 0 Å². The number of carbonyl (C=O) groups is 1. The fourth-order valence-corrected chi connectivity index (χ4v) is 2.98. The van der Waals surface area contributed by atoms with Crippen molar-refractivity contribution >= 4 is 11.6 Å².